The smallest absolute Gasteiger partial charge is 0.327 e. The Labute approximate surface area is 129 Å². The number of nitrogens with zero attached hydrogens (tertiary/aromatic N) is 2. The summed E-state index contributed by atoms with van der Waals surface area (Å²) in [4.78, 5) is 33.2. The first-order valence-electron chi connectivity index (χ1n) is 6.90. The zero-order chi connectivity index (χ0) is 17.1. The van der Waals surface area contributed by atoms with E-state index < -0.39 is 36.2 Å². The van der Waals surface area contributed by atoms with Gasteiger partial charge < -0.3 is 31.1 Å². The molecule has 1 aliphatic heterocycles. The van der Waals surface area contributed by atoms with Crippen molar-refractivity contribution in [1.29, 1.82) is 0 Å². The minimum Gasteiger partial charge on any atom is -0.394 e. The Balaban J connectivity index is 2.33. The van der Waals surface area contributed by atoms with Crippen molar-refractivity contribution in [3.05, 3.63) is 20.8 Å². The molecule has 2 rings (SSSR count). The molecule has 1 aromatic heterocycles. The molecule has 11 heteroatoms. The van der Waals surface area contributed by atoms with Crippen LogP contribution >= 0.6 is 0 Å². The molecule has 3 atom stereocenters. The molecule has 0 saturated heterocycles. The first kappa shape index (κ1) is 17.3. The van der Waals surface area contributed by atoms with E-state index in [0.717, 1.165) is 0 Å². The number of hydrogen-bond donors (Lipinski definition) is 7. The predicted molar refractivity (Wildman–Crippen MR) is 81.2 cm³/mol. The lowest BCUT2D eigenvalue weighted by Gasteiger charge is -2.32. The maximum Gasteiger partial charge on any atom is 0.327 e. The molecule has 2 heterocycles. The van der Waals surface area contributed by atoms with Crippen molar-refractivity contribution >= 4 is 17.2 Å². The Morgan fingerprint density at radius 1 is 1.22 bits per heavy atom. The van der Waals surface area contributed by atoms with Crippen molar-refractivity contribution in [2.75, 3.05) is 31.1 Å². The van der Waals surface area contributed by atoms with E-state index in [1.54, 1.807) is 0 Å². The number of aliphatic hydroxyl groups is 4. The van der Waals surface area contributed by atoms with E-state index in [4.69, 9.17) is 10.8 Å². The number of nitrogens with one attached hydrogen (secondary N) is 2. The van der Waals surface area contributed by atoms with Gasteiger partial charge in [0.1, 0.15) is 24.1 Å². The summed E-state index contributed by atoms with van der Waals surface area (Å²) in [6, 6.07) is 0. The number of H-pyrrole nitrogens is 2. The van der Waals surface area contributed by atoms with Crippen molar-refractivity contribution in [2.24, 2.45) is 10.7 Å². The average molecular weight is 329 g/mol. The van der Waals surface area contributed by atoms with Gasteiger partial charge in [0.2, 0.25) is 0 Å². The van der Waals surface area contributed by atoms with Crippen LogP contribution in [0, 0.1) is 0 Å². The van der Waals surface area contributed by atoms with Crippen LogP contribution in [-0.4, -0.2) is 80.7 Å². The molecule has 1 aromatic rings. The molecule has 0 radical (unpaired) electrons. The van der Waals surface area contributed by atoms with Crippen molar-refractivity contribution in [3.8, 4) is 0 Å². The van der Waals surface area contributed by atoms with Crippen molar-refractivity contribution in [1.82, 2.24) is 9.97 Å². The summed E-state index contributed by atoms with van der Waals surface area (Å²) in [6.45, 7) is -0.751. The van der Waals surface area contributed by atoms with Gasteiger partial charge in [-0.2, -0.15) is 0 Å². The molecule has 0 aliphatic carbocycles. The van der Waals surface area contributed by atoms with Crippen molar-refractivity contribution in [2.45, 2.75) is 18.3 Å². The molecule has 8 N–H and O–H groups in total. The number of aliphatic hydroxyl groups excluding tert-OH is 4. The highest BCUT2D eigenvalue weighted by molar-refractivity contribution is 5.96. The van der Waals surface area contributed by atoms with E-state index in [0.29, 0.717) is 5.71 Å². The van der Waals surface area contributed by atoms with Crippen LogP contribution in [0.1, 0.15) is 0 Å². The predicted octanol–water partition coefficient (Wildman–Crippen LogP) is -4.01. The Bertz CT molecular complexity index is 698. The number of rotatable bonds is 6. The Morgan fingerprint density at radius 2 is 1.91 bits per heavy atom. The minimum atomic E-state index is -1.60. The molecule has 0 fully saturated rings. The minimum absolute atomic E-state index is 0.0549. The summed E-state index contributed by atoms with van der Waals surface area (Å²) in [6.07, 6.45) is -4.56. The number of aromatic amines is 2. The third-order valence-electron chi connectivity index (χ3n) is 3.48. The van der Waals surface area contributed by atoms with Gasteiger partial charge in [-0.15, -0.1) is 0 Å². The molecule has 1 aliphatic rings. The second-order valence-electron chi connectivity index (χ2n) is 5.18. The van der Waals surface area contributed by atoms with Gasteiger partial charge in [0.25, 0.3) is 5.56 Å². The van der Waals surface area contributed by atoms with Crippen LogP contribution in [0.5, 0.6) is 0 Å². The third kappa shape index (κ3) is 3.65. The van der Waals surface area contributed by atoms with Crippen LogP contribution in [0.2, 0.25) is 0 Å². The highest BCUT2D eigenvalue weighted by Gasteiger charge is 2.29. The van der Waals surface area contributed by atoms with Crippen molar-refractivity contribution < 1.29 is 20.4 Å². The Morgan fingerprint density at radius 3 is 2.52 bits per heavy atom. The lowest BCUT2D eigenvalue weighted by molar-refractivity contribution is -0.0730. The average Bonchev–Trinajstić information content (AvgIpc) is 2.53. The summed E-state index contributed by atoms with van der Waals surface area (Å²) in [5.41, 5.74) is 4.48. The van der Waals surface area contributed by atoms with Crippen molar-refractivity contribution in [3.63, 3.8) is 0 Å². The topological polar surface area (TPSA) is 188 Å². The monoisotopic (exact) mass is 329 g/mol. The summed E-state index contributed by atoms with van der Waals surface area (Å²) in [5, 5.41) is 37.9. The second-order valence-corrected chi connectivity index (χ2v) is 5.18. The molecule has 3 unspecified atom stereocenters. The number of aromatic nitrogens is 2. The number of hydrogen-bond acceptors (Lipinski definition) is 9. The van der Waals surface area contributed by atoms with E-state index >= 15 is 0 Å². The number of aliphatic imine (C=N–C) groups is 1. The Hall–Kier alpha value is -2.05. The van der Waals surface area contributed by atoms with Crippen LogP contribution in [-0.2, 0) is 0 Å². The van der Waals surface area contributed by atoms with Gasteiger partial charge in [-0.3, -0.25) is 14.8 Å². The Kier molecular flexibility index (Phi) is 5.28. The van der Waals surface area contributed by atoms with E-state index in [2.05, 4.69) is 9.98 Å². The number of anilines is 1. The van der Waals surface area contributed by atoms with Crippen LogP contribution in [0.3, 0.4) is 0 Å². The summed E-state index contributed by atoms with van der Waals surface area (Å²) in [7, 11) is 0. The maximum absolute atomic E-state index is 11.8. The maximum atomic E-state index is 11.8. The van der Waals surface area contributed by atoms with Gasteiger partial charge in [-0.05, 0) is 0 Å². The molecular weight excluding hydrogens is 310 g/mol. The van der Waals surface area contributed by atoms with E-state index in [1.807, 2.05) is 4.98 Å². The summed E-state index contributed by atoms with van der Waals surface area (Å²) < 4.78 is 0. The zero-order valence-electron chi connectivity index (χ0n) is 12.1. The number of fused-ring (bicyclic) bond motifs is 1. The van der Waals surface area contributed by atoms with Crippen LogP contribution in [0.4, 0.5) is 11.5 Å². The van der Waals surface area contributed by atoms with Gasteiger partial charge in [0.15, 0.2) is 5.69 Å². The molecule has 0 spiro atoms. The summed E-state index contributed by atoms with van der Waals surface area (Å²) >= 11 is 0. The SMILES string of the molecule is NCC1=Nc2c([nH]c(=O)[nH]c2=O)N(CC(O)C(O)C(O)CO)C1. The second kappa shape index (κ2) is 7.02. The van der Waals surface area contributed by atoms with Crippen LogP contribution in [0.25, 0.3) is 0 Å². The molecule has 0 aromatic carbocycles. The van der Waals surface area contributed by atoms with Gasteiger partial charge >= 0.3 is 5.69 Å². The summed E-state index contributed by atoms with van der Waals surface area (Å²) in [5.74, 6) is 0.0840. The van der Waals surface area contributed by atoms with Crippen LogP contribution in [0.15, 0.2) is 14.6 Å². The fourth-order valence-electron chi connectivity index (χ4n) is 2.26. The molecule has 0 amide bonds. The first-order valence-corrected chi connectivity index (χ1v) is 6.90. The molecule has 0 saturated carbocycles. The molecule has 11 nitrogen and oxygen atoms in total. The molecular formula is C12H19N5O6. The fourth-order valence-corrected chi connectivity index (χ4v) is 2.26. The fraction of sp³-hybridized carbons (Fsp3) is 0.583. The number of nitrogens with two attached hydrogens (primary N) is 1. The van der Waals surface area contributed by atoms with E-state index in [9.17, 15) is 24.9 Å². The normalized spacial score (nSPS) is 18.1. The molecule has 128 valence electrons. The molecule has 0 bridgehead atoms. The van der Waals surface area contributed by atoms with Gasteiger partial charge in [0, 0.05) is 13.1 Å². The lowest BCUT2D eigenvalue weighted by Crippen LogP contribution is -2.49. The highest BCUT2D eigenvalue weighted by atomic mass is 16.4. The zero-order valence-corrected chi connectivity index (χ0v) is 12.1. The lowest BCUT2D eigenvalue weighted by atomic mass is 10.1. The van der Waals surface area contributed by atoms with Gasteiger partial charge in [0.05, 0.1) is 18.9 Å². The van der Waals surface area contributed by atoms with Crippen LogP contribution < -0.4 is 21.9 Å². The van der Waals surface area contributed by atoms with E-state index in [-0.39, 0.29) is 31.1 Å². The van der Waals surface area contributed by atoms with E-state index in [1.165, 1.54) is 4.90 Å². The largest absolute Gasteiger partial charge is 0.394 e. The number of β-amino-alcohol motifs (C(OH)–C–C–N with tert-alkyl or cyclic N) is 1. The molecule has 23 heavy (non-hydrogen) atoms. The van der Waals surface area contributed by atoms with Gasteiger partial charge in [-0.25, -0.2) is 9.79 Å². The third-order valence-corrected chi connectivity index (χ3v) is 3.48. The highest BCUT2D eigenvalue weighted by Crippen LogP contribution is 2.25. The van der Waals surface area contributed by atoms with Gasteiger partial charge in [-0.1, -0.05) is 0 Å². The quantitative estimate of drug-likeness (QED) is 0.275. The standard InChI is InChI=1S/C12H19N5O6/c13-1-5-2-17(3-6(19)9(21)7(20)4-18)10-8(14-5)11(22)16-12(23)15-10/h6-7,9,18-21H,1-4,13H2,(H2,15,16,22,23). The first-order chi connectivity index (χ1) is 10.9.